The SMILES string of the molecule is [O]=[Nd].[O]=[Zr]=[O]. The molecule has 0 aliphatic heterocycles. The normalized spacial score (nSPS) is 2.20. The van der Waals surface area contributed by atoms with Gasteiger partial charge in [-0.15, -0.1) is 0 Å². The van der Waals surface area contributed by atoms with Crippen molar-refractivity contribution in [1.29, 1.82) is 0 Å². The molecule has 0 fully saturated rings. The second-order valence-electron chi connectivity index (χ2n) is 0.0833. The van der Waals surface area contributed by atoms with Gasteiger partial charge in [0.25, 0.3) is 0 Å². The molecule has 0 radical (unpaired) electrons. The fourth-order valence-electron chi connectivity index (χ4n) is 0. The van der Waals surface area contributed by atoms with E-state index in [4.69, 9.17) is 6.68 Å². The summed E-state index contributed by atoms with van der Waals surface area (Å²) in [6.45, 7) is 0. The zero-order valence-electron chi connectivity index (χ0n) is 2.22. The van der Waals surface area contributed by atoms with Crippen molar-refractivity contribution < 1.29 is 68.8 Å². The van der Waals surface area contributed by atoms with Gasteiger partial charge in [0.05, 0.1) is 0 Å². The van der Waals surface area contributed by atoms with Gasteiger partial charge in [-0.2, -0.15) is 0 Å². The first kappa shape index (κ1) is 9.81. The Morgan fingerprint density at radius 3 is 1.20 bits per heavy atom. The summed E-state index contributed by atoms with van der Waals surface area (Å²) in [6, 6.07) is 0. The van der Waals surface area contributed by atoms with Gasteiger partial charge < -0.3 is 0 Å². The molecule has 0 aromatic rings. The van der Waals surface area contributed by atoms with Gasteiger partial charge in [0.15, 0.2) is 0 Å². The second-order valence-corrected chi connectivity index (χ2v) is 0.493. The molecule has 0 N–H and O–H groups in total. The Hall–Kier alpha value is 1.63. The minimum absolute atomic E-state index is 0.0556. The van der Waals surface area contributed by atoms with Crippen molar-refractivity contribution in [1.82, 2.24) is 0 Å². The Morgan fingerprint density at radius 1 is 1.20 bits per heavy atom. The molecule has 0 atom stereocenters. The Bertz CT molecular complexity index is 36.2. The van der Waals surface area contributed by atoms with Crippen molar-refractivity contribution in [3.8, 4) is 0 Å². The standard InChI is InChI=1S/Nd.3O.Zr. The van der Waals surface area contributed by atoms with E-state index >= 15 is 0 Å². The molecule has 5 heavy (non-hydrogen) atoms. The van der Waals surface area contributed by atoms with Crippen LogP contribution in [-0.4, -0.2) is 0 Å². The summed E-state index contributed by atoms with van der Waals surface area (Å²) in [7, 11) is 0. The van der Waals surface area contributed by atoms with Crippen molar-refractivity contribution in [3.63, 3.8) is 0 Å². The number of hydrogen-bond acceptors (Lipinski definition) is 3. The van der Waals surface area contributed by atoms with Crippen LogP contribution in [-0.2, 0) is 29.9 Å². The molecule has 0 spiro atoms. The monoisotopic (exact) mass is 280 g/mol. The third-order valence-corrected chi connectivity index (χ3v) is 0. The molecule has 0 saturated heterocycles. The maximum atomic E-state index is 8.54. The Labute approximate surface area is 67.4 Å². The van der Waals surface area contributed by atoms with E-state index < -0.39 is 23.2 Å². The summed E-state index contributed by atoms with van der Waals surface area (Å²) in [5, 5.41) is 0. The van der Waals surface area contributed by atoms with E-state index in [1.54, 1.807) is 0 Å². The van der Waals surface area contributed by atoms with E-state index in [-0.39, 0.29) is 38.9 Å². The first-order valence-corrected chi connectivity index (χ1v) is 3.93. The number of hydrogen-bond donors (Lipinski definition) is 0. The Kier molecular flexibility index (Phi) is 34.2. The number of rotatable bonds is 0. The van der Waals surface area contributed by atoms with Crippen LogP contribution in [0.25, 0.3) is 0 Å². The van der Waals surface area contributed by atoms with Crippen LogP contribution in [0.3, 0.4) is 0 Å². The summed E-state index contributed by atoms with van der Waals surface area (Å²) in [5.41, 5.74) is 0. The van der Waals surface area contributed by atoms with E-state index in [1.807, 2.05) is 0 Å². The average molecular weight is 283 g/mol. The average Bonchev–Trinajstić information content (AvgIpc) is 1.46. The summed E-state index contributed by atoms with van der Waals surface area (Å²) in [5.74, 6) is 0. The summed E-state index contributed by atoms with van der Waals surface area (Å²) >= 11 is -2.21. The van der Waals surface area contributed by atoms with Crippen LogP contribution in [0.4, 0.5) is 0 Å². The van der Waals surface area contributed by atoms with Crippen LogP contribution in [0.5, 0.6) is 0 Å². The van der Waals surface area contributed by atoms with E-state index in [1.165, 1.54) is 0 Å². The summed E-state index contributed by atoms with van der Waals surface area (Å²) in [6.07, 6.45) is 0. The van der Waals surface area contributed by atoms with Gasteiger partial charge in [-0.3, -0.25) is 0 Å². The van der Waals surface area contributed by atoms with Crippen LogP contribution in [0.2, 0.25) is 0 Å². The van der Waals surface area contributed by atoms with Gasteiger partial charge in [0, 0.05) is 0 Å². The molecule has 0 aromatic carbocycles. The second kappa shape index (κ2) is 17.4. The van der Waals surface area contributed by atoms with Crippen molar-refractivity contribution in [2.24, 2.45) is 0 Å². The van der Waals surface area contributed by atoms with Crippen molar-refractivity contribution in [3.05, 3.63) is 0 Å². The quantitative estimate of drug-likeness (QED) is 0.610. The van der Waals surface area contributed by atoms with Gasteiger partial charge >= 0.3 is 68.8 Å². The van der Waals surface area contributed by atoms with Crippen LogP contribution in [0, 0.1) is 38.9 Å². The molecule has 0 aliphatic rings. The summed E-state index contributed by atoms with van der Waals surface area (Å²) < 4.78 is 25.5. The predicted octanol–water partition coefficient (Wildman–Crippen LogP) is -0.359. The van der Waals surface area contributed by atoms with Crippen molar-refractivity contribution >= 4 is 0 Å². The molecule has 0 bridgehead atoms. The molecule has 0 saturated carbocycles. The van der Waals surface area contributed by atoms with Crippen LogP contribution in [0.15, 0.2) is 0 Å². The van der Waals surface area contributed by atoms with Crippen molar-refractivity contribution in [2.75, 3.05) is 0 Å². The van der Waals surface area contributed by atoms with Gasteiger partial charge in [-0.05, 0) is 0 Å². The van der Waals surface area contributed by atoms with E-state index in [0.29, 0.717) is 0 Å². The molecule has 0 unspecified atom stereocenters. The molecule has 0 aromatic heterocycles. The third-order valence-electron chi connectivity index (χ3n) is 0. The maximum absolute atomic E-state index is 8.54. The Balaban J connectivity index is 0. The first-order valence-electron chi connectivity index (χ1n) is 0.612. The van der Waals surface area contributed by atoms with Crippen LogP contribution >= 0.6 is 0 Å². The van der Waals surface area contributed by atoms with E-state index in [2.05, 4.69) is 0 Å². The molecule has 5 heteroatoms. The zero-order chi connectivity index (χ0) is 4.71. The van der Waals surface area contributed by atoms with E-state index in [9.17, 15) is 0 Å². The molecule has 0 heterocycles. The zero-order valence-corrected chi connectivity index (χ0v) is 7.89. The van der Waals surface area contributed by atoms with Gasteiger partial charge in [0.2, 0.25) is 0 Å². The minimum atomic E-state index is -2.27. The molecule has 3 nitrogen and oxygen atoms in total. The predicted molar refractivity (Wildman–Crippen MR) is 2.06 cm³/mol. The fraction of sp³-hybridized carbons (Fsp3) is 0. The molecule has 26 valence electrons. The fourth-order valence-corrected chi connectivity index (χ4v) is 0. The summed E-state index contributed by atoms with van der Waals surface area (Å²) in [4.78, 5) is 0. The topological polar surface area (TPSA) is 51.2 Å². The molecule has 0 aliphatic carbocycles. The van der Waals surface area contributed by atoms with Gasteiger partial charge in [-0.25, -0.2) is 0 Å². The molecular weight excluding hydrogens is 283 g/mol. The van der Waals surface area contributed by atoms with Crippen molar-refractivity contribution in [2.45, 2.75) is 0 Å². The molecule has 0 amide bonds. The van der Waals surface area contributed by atoms with E-state index in [0.717, 1.165) is 0 Å². The Morgan fingerprint density at radius 2 is 1.20 bits per heavy atom. The molecular formula is NdO3Zr. The third kappa shape index (κ3) is 27.9. The van der Waals surface area contributed by atoms with Gasteiger partial charge in [-0.1, -0.05) is 0 Å². The first-order chi connectivity index (χ1) is 2.41. The van der Waals surface area contributed by atoms with Crippen LogP contribution in [0.1, 0.15) is 0 Å². The van der Waals surface area contributed by atoms with Crippen LogP contribution < -0.4 is 0 Å². The molecule has 0 rings (SSSR count). The van der Waals surface area contributed by atoms with Gasteiger partial charge in [0.1, 0.15) is 0 Å².